The summed E-state index contributed by atoms with van der Waals surface area (Å²) in [5.41, 5.74) is 4.45. The van der Waals surface area contributed by atoms with Crippen molar-refractivity contribution in [3.63, 3.8) is 0 Å². The average molecular weight is 660 g/mol. The van der Waals surface area contributed by atoms with Crippen molar-refractivity contribution in [2.75, 3.05) is 52.2 Å². The molecule has 0 bridgehead atoms. The molecular weight excluding hydrogens is 614 g/mol. The number of ether oxygens (including phenoxy) is 2. The van der Waals surface area contributed by atoms with E-state index in [1.807, 2.05) is 25.1 Å². The van der Waals surface area contributed by atoms with Gasteiger partial charge in [-0.25, -0.2) is 4.98 Å². The molecule has 10 nitrogen and oxygen atoms in total. The van der Waals surface area contributed by atoms with E-state index >= 15 is 0 Å². The van der Waals surface area contributed by atoms with Crippen LogP contribution in [0.25, 0.3) is 0 Å². The second-order valence-electron chi connectivity index (χ2n) is 13.8. The average Bonchev–Trinajstić information content (AvgIpc) is 3.80. The summed E-state index contributed by atoms with van der Waals surface area (Å²) in [6, 6.07) is 10.5. The first-order valence-electron chi connectivity index (χ1n) is 17.1. The smallest absolute Gasteiger partial charge is 0.251 e. The second kappa shape index (κ2) is 14.0. The Morgan fingerprint density at radius 3 is 2.55 bits per heavy atom. The van der Waals surface area contributed by atoms with Crippen LogP contribution >= 0.6 is 11.6 Å². The van der Waals surface area contributed by atoms with Crippen LogP contribution in [0.15, 0.2) is 36.5 Å². The molecule has 1 saturated heterocycles. The molecule has 0 radical (unpaired) electrons. The van der Waals surface area contributed by atoms with Crippen LogP contribution in [-0.4, -0.2) is 89.5 Å². The van der Waals surface area contributed by atoms with Crippen LogP contribution in [0.4, 0.5) is 11.6 Å². The fourth-order valence-electron chi connectivity index (χ4n) is 7.38. The zero-order valence-electron chi connectivity index (χ0n) is 27.7. The minimum atomic E-state index is -0.0658. The third kappa shape index (κ3) is 7.51. The first-order valence-corrected chi connectivity index (χ1v) is 17.4. The van der Waals surface area contributed by atoms with E-state index in [1.54, 1.807) is 13.2 Å². The van der Waals surface area contributed by atoms with Gasteiger partial charge in [0.05, 0.1) is 19.0 Å². The number of aryl methyl sites for hydroxylation is 1. The molecule has 0 unspecified atom stereocenters. The van der Waals surface area contributed by atoms with Crippen molar-refractivity contribution in [3.8, 4) is 17.4 Å². The van der Waals surface area contributed by atoms with Gasteiger partial charge < -0.3 is 25.0 Å². The number of fused-ring (bicyclic) bond motifs is 1. The molecule has 2 aliphatic heterocycles. The maximum atomic E-state index is 13.5. The van der Waals surface area contributed by atoms with Crippen LogP contribution in [-0.2, 0) is 13.1 Å². The number of piperazine rings is 1. The SMILES string of the molecule is COc1cc(C(=O)N[C@H]2CC[C@H](N3CCN(CC4CC4)CC3)CC2)c(C)cc1Nc1ncc(Cl)c(Oc2cccc3c2CN(C)C3)n1. The highest BCUT2D eigenvalue weighted by atomic mass is 35.5. The highest BCUT2D eigenvalue weighted by molar-refractivity contribution is 6.31. The van der Waals surface area contributed by atoms with Crippen molar-refractivity contribution in [1.29, 1.82) is 0 Å². The number of nitrogens with zero attached hydrogens (tertiary/aromatic N) is 5. The van der Waals surface area contributed by atoms with Crippen molar-refractivity contribution in [2.24, 2.45) is 5.92 Å². The minimum Gasteiger partial charge on any atom is -0.495 e. The number of aromatic nitrogens is 2. The third-order valence-corrected chi connectivity index (χ3v) is 10.5. The Hall–Kier alpha value is -3.44. The molecule has 11 heteroatoms. The molecule has 0 spiro atoms. The lowest BCUT2D eigenvalue weighted by Gasteiger charge is -2.42. The topological polar surface area (TPSA) is 95.1 Å². The summed E-state index contributed by atoms with van der Waals surface area (Å²) in [5, 5.41) is 6.87. The van der Waals surface area contributed by atoms with E-state index in [0.29, 0.717) is 34.0 Å². The van der Waals surface area contributed by atoms with Gasteiger partial charge in [0.15, 0.2) is 0 Å². The van der Waals surface area contributed by atoms with Gasteiger partial charge in [-0.2, -0.15) is 4.98 Å². The number of hydrogen-bond acceptors (Lipinski definition) is 9. The summed E-state index contributed by atoms with van der Waals surface area (Å²) in [7, 11) is 3.67. The summed E-state index contributed by atoms with van der Waals surface area (Å²) < 4.78 is 11.9. The number of carbonyl (C=O) groups excluding carboxylic acids is 1. The van der Waals surface area contributed by atoms with Crippen molar-refractivity contribution in [3.05, 3.63) is 63.8 Å². The number of benzene rings is 2. The lowest BCUT2D eigenvalue weighted by molar-refractivity contribution is 0.0694. The molecule has 2 N–H and O–H groups in total. The molecule has 1 amide bonds. The number of methoxy groups -OCH3 is 1. The number of halogens is 1. The number of carbonyl (C=O) groups is 1. The maximum Gasteiger partial charge on any atom is 0.251 e. The fourth-order valence-corrected chi connectivity index (χ4v) is 7.51. The van der Waals surface area contributed by atoms with Crippen LogP contribution in [0, 0.1) is 12.8 Å². The molecule has 2 aliphatic carbocycles. The zero-order chi connectivity index (χ0) is 32.5. The minimum absolute atomic E-state index is 0.0658. The summed E-state index contributed by atoms with van der Waals surface area (Å²) in [6.45, 7) is 9.66. The highest BCUT2D eigenvalue weighted by Gasteiger charge is 2.31. The molecule has 3 fully saturated rings. The van der Waals surface area contributed by atoms with Crippen LogP contribution in [0.3, 0.4) is 0 Å². The van der Waals surface area contributed by atoms with Crippen LogP contribution in [0.1, 0.15) is 65.6 Å². The van der Waals surface area contributed by atoms with E-state index in [0.717, 1.165) is 61.6 Å². The molecule has 250 valence electrons. The largest absolute Gasteiger partial charge is 0.495 e. The summed E-state index contributed by atoms with van der Waals surface area (Å²) in [5.74, 6) is 2.73. The Morgan fingerprint density at radius 1 is 1.02 bits per heavy atom. The van der Waals surface area contributed by atoms with Crippen LogP contribution in [0.2, 0.25) is 5.02 Å². The van der Waals surface area contributed by atoms with E-state index in [9.17, 15) is 4.79 Å². The van der Waals surface area contributed by atoms with Crippen molar-refractivity contribution < 1.29 is 14.3 Å². The highest BCUT2D eigenvalue weighted by Crippen LogP contribution is 2.37. The number of amides is 1. The molecule has 3 heterocycles. The fraction of sp³-hybridized carbons (Fsp3) is 0.528. The second-order valence-corrected chi connectivity index (χ2v) is 14.2. The first kappa shape index (κ1) is 32.1. The quantitative estimate of drug-likeness (QED) is 0.272. The van der Waals surface area contributed by atoms with Crippen molar-refractivity contribution in [2.45, 2.75) is 70.6 Å². The predicted octanol–water partition coefficient (Wildman–Crippen LogP) is 6.00. The van der Waals surface area contributed by atoms with E-state index in [4.69, 9.17) is 21.1 Å². The van der Waals surface area contributed by atoms with Gasteiger partial charge in [-0.3, -0.25) is 14.6 Å². The van der Waals surface area contributed by atoms with Gasteiger partial charge in [-0.15, -0.1) is 0 Å². The monoisotopic (exact) mass is 659 g/mol. The number of anilines is 2. The molecule has 7 rings (SSSR count). The molecule has 2 saturated carbocycles. The normalized spacial score (nSPS) is 22.1. The van der Waals surface area contributed by atoms with E-state index < -0.39 is 0 Å². The molecule has 1 aromatic heterocycles. The van der Waals surface area contributed by atoms with Crippen molar-refractivity contribution in [1.82, 2.24) is 30.0 Å². The molecule has 4 aliphatic rings. The molecule has 3 aromatic rings. The zero-order valence-corrected chi connectivity index (χ0v) is 28.5. The van der Waals surface area contributed by atoms with Gasteiger partial charge in [0.2, 0.25) is 11.8 Å². The van der Waals surface area contributed by atoms with E-state index in [-0.39, 0.29) is 17.8 Å². The molecule has 0 atom stereocenters. The maximum absolute atomic E-state index is 13.5. The Kier molecular flexibility index (Phi) is 9.54. The molecule has 2 aromatic carbocycles. The Balaban J connectivity index is 0.963. The lowest BCUT2D eigenvalue weighted by atomic mass is 9.89. The number of rotatable bonds is 10. The Morgan fingerprint density at radius 2 is 1.81 bits per heavy atom. The van der Waals surface area contributed by atoms with Gasteiger partial charge in [-0.05, 0) is 87.7 Å². The van der Waals surface area contributed by atoms with E-state index in [1.165, 1.54) is 57.3 Å². The van der Waals surface area contributed by atoms with Crippen molar-refractivity contribution >= 4 is 29.1 Å². The van der Waals surface area contributed by atoms with Crippen LogP contribution in [0.5, 0.6) is 17.4 Å². The Bertz CT molecular complexity index is 1600. The van der Waals surface area contributed by atoms with Gasteiger partial charge in [0.25, 0.3) is 5.91 Å². The molecule has 47 heavy (non-hydrogen) atoms. The molecular formula is C36H46ClN7O3. The van der Waals surface area contributed by atoms with Gasteiger partial charge >= 0.3 is 0 Å². The standard InChI is InChI=1S/C36H46ClN7O3/c1-23-17-31(40-36-38-19-30(37)35(41-36)47-32-6-4-5-25-21-42(2)22-29(25)32)33(46-3)18-28(23)34(45)39-26-9-11-27(12-10-26)44-15-13-43(14-16-44)20-24-7-8-24/h4-6,17-19,24,26-27H,7-16,20-22H2,1-3H3,(H,39,45)(H,38,40,41)/t26-,27-. The summed E-state index contributed by atoms with van der Waals surface area (Å²) >= 11 is 6.46. The van der Waals surface area contributed by atoms with Crippen LogP contribution < -0.4 is 20.1 Å². The summed E-state index contributed by atoms with van der Waals surface area (Å²) in [4.78, 5) is 30.0. The third-order valence-electron chi connectivity index (χ3n) is 10.2. The van der Waals surface area contributed by atoms with Gasteiger partial charge in [0.1, 0.15) is 16.5 Å². The Labute approximate surface area is 282 Å². The van der Waals surface area contributed by atoms with Gasteiger partial charge in [-0.1, -0.05) is 23.7 Å². The summed E-state index contributed by atoms with van der Waals surface area (Å²) in [6.07, 6.45) is 8.66. The lowest BCUT2D eigenvalue weighted by Crippen LogP contribution is -2.52. The predicted molar refractivity (Wildman–Crippen MR) is 184 cm³/mol. The number of hydrogen-bond donors (Lipinski definition) is 2. The van der Waals surface area contributed by atoms with E-state index in [2.05, 4.69) is 48.4 Å². The first-order chi connectivity index (χ1) is 22.8. The number of nitrogens with one attached hydrogen (secondary N) is 2. The van der Waals surface area contributed by atoms with Gasteiger partial charge in [0, 0.05) is 69.0 Å².